The van der Waals surface area contributed by atoms with E-state index < -0.39 is 6.69 Å². The van der Waals surface area contributed by atoms with Crippen molar-refractivity contribution in [1.82, 2.24) is 0 Å². The molecule has 0 amide bonds. The summed E-state index contributed by atoms with van der Waals surface area (Å²) in [6, 6.07) is 23.1. The largest absolute Gasteiger partial charge is 0.190 e. The van der Waals surface area contributed by atoms with Crippen LogP contribution < -0.4 is 10.4 Å². The van der Waals surface area contributed by atoms with Crippen LogP contribution in [0.4, 0.5) is 0 Å². The molecule has 0 atom stereocenters. The highest BCUT2D eigenvalue weighted by molar-refractivity contribution is 9.27. The standard InChI is InChI=1S/C16H19BrSi/c1-2-3-14-18(17,15-10-6-4-7-11-15)16-12-8-5-9-13-16/h4-13H,2-3,14H2,1H3. The van der Waals surface area contributed by atoms with Crippen LogP contribution in [0, 0.1) is 0 Å². The van der Waals surface area contributed by atoms with Crippen LogP contribution in [0.3, 0.4) is 0 Å². The maximum Gasteiger partial charge on any atom is 0.190 e. The van der Waals surface area contributed by atoms with Crippen LogP contribution in [0.2, 0.25) is 6.04 Å². The van der Waals surface area contributed by atoms with Crippen LogP contribution in [-0.2, 0) is 0 Å². The molecule has 0 aliphatic heterocycles. The van der Waals surface area contributed by atoms with Crippen molar-refractivity contribution in [2.24, 2.45) is 0 Å². The molecule has 0 saturated carbocycles. The molecule has 0 bridgehead atoms. The van der Waals surface area contributed by atoms with Gasteiger partial charge < -0.3 is 0 Å². The Kier molecular flexibility index (Phi) is 4.78. The fourth-order valence-corrected chi connectivity index (χ4v) is 7.90. The lowest BCUT2D eigenvalue weighted by Gasteiger charge is -2.26. The number of unbranched alkanes of at least 4 members (excludes halogenated alkanes) is 1. The molecule has 0 spiro atoms. The molecule has 0 fully saturated rings. The minimum Gasteiger partial charge on any atom is -0.114 e. The molecular formula is C16H19BrSi. The molecule has 0 unspecified atom stereocenters. The smallest absolute Gasteiger partial charge is 0.114 e. The second kappa shape index (κ2) is 6.35. The first-order chi connectivity index (χ1) is 8.77. The van der Waals surface area contributed by atoms with Crippen molar-refractivity contribution in [3.05, 3.63) is 60.7 Å². The van der Waals surface area contributed by atoms with E-state index >= 15 is 0 Å². The van der Waals surface area contributed by atoms with Gasteiger partial charge in [-0.2, -0.15) is 0 Å². The Labute approximate surface area is 119 Å². The van der Waals surface area contributed by atoms with Crippen LogP contribution in [0.25, 0.3) is 0 Å². The van der Waals surface area contributed by atoms with Gasteiger partial charge >= 0.3 is 0 Å². The molecule has 0 nitrogen and oxygen atoms in total. The summed E-state index contributed by atoms with van der Waals surface area (Å²) in [4.78, 5) is 0. The first kappa shape index (κ1) is 13.6. The van der Waals surface area contributed by atoms with Gasteiger partial charge in [0.05, 0.1) is 0 Å². The maximum atomic E-state index is 4.14. The summed E-state index contributed by atoms with van der Waals surface area (Å²) in [7, 11) is 0. The molecule has 0 radical (unpaired) electrons. The van der Waals surface area contributed by atoms with E-state index in [-0.39, 0.29) is 0 Å². The van der Waals surface area contributed by atoms with E-state index in [1.807, 2.05) is 0 Å². The third-order valence-corrected chi connectivity index (χ3v) is 10.8. The number of rotatable bonds is 5. The highest BCUT2D eigenvalue weighted by Crippen LogP contribution is 2.21. The number of benzene rings is 2. The van der Waals surface area contributed by atoms with E-state index in [9.17, 15) is 0 Å². The summed E-state index contributed by atoms with van der Waals surface area (Å²) in [5, 5.41) is 2.95. The van der Waals surface area contributed by atoms with Crippen molar-refractivity contribution in [2.75, 3.05) is 0 Å². The average molecular weight is 319 g/mol. The Hall–Kier alpha value is -0.863. The van der Waals surface area contributed by atoms with Crippen molar-refractivity contribution in [3.8, 4) is 0 Å². The summed E-state index contributed by atoms with van der Waals surface area (Å²) in [5.41, 5.74) is 0. The lowest BCUT2D eigenvalue weighted by Crippen LogP contribution is -2.52. The first-order valence-corrected chi connectivity index (χ1v) is 11.0. The number of hydrogen-bond donors (Lipinski definition) is 0. The van der Waals surface area contributed by atoms with E-state index in [0.29, 0.717) is 0 Å². The molecule has 94 valence electrons. The van der Waals surface area contributed by atoms with Crippen molar-refractivity contribution in [2.45, 2.75) is 25.8 Å². The predicted molar refractivity (Wildman–Crippen MR) is 86.5 cm³/mol. The van der Waals surface area contributed by atoms with Gasteiger partial charge in [-0.25, -0.2) is 0 Å². The molecular weight excluding hydrogens is 300 g/mol. The van der Waals surface area contributed by atoms with E-state index in [2.05, 4.69) is 82.9 Å². The van der Waals surface area contributed by atoms with Crippen LogP contribution >= 0.6 is 15.3 Å². The van der Waals surface area contributed by atoms with Gasteiger partial charge in [0.15, 0.2) is 6.69 Å². The fraction of sp³-hybridized carbons (Fsp3) is 0.250. The number of hydrogen-bond acceptors (Lipinski definition) is 0. The summed E-state index contributed by atoms with van der Waals surface area (Å²) in [6.07, 6.45) is 2.53. The Morgan fingerprint density at radius 3 is 1.67 bits per heavy atom. The van der Waals surface area contributed by atoms with Crippen molar-refractivity contribution < 1.29 is 0 Å². The lowest BCUT2D eigenvalue weighted by atomic mass is 10.4. The second-order valence-corrected chi connectivity index (χ2v) is 12.0. The van der Waals surface area contributed by atoms with Gasteiger partial charge in [0.2, 0.25) is 0 Å². The third-order valence-electron chi connectivity index (χ3n) is 3.34. The molecule has 2 rings (SSSR count). The van der Waals surface area contributed by atoms with E-state index in [1.165, 1.54) is 29.3 Å². The fourth-order valence-electron chi connectivity index (χ4n) is 2.28. The van der Waals surface area contributed by atoms with Gasteiger partial charge in [-0.3, -0.25) is 0 Å². The summed E-state index contributed by atoms with van der Waals surface area (Å²) < 4.78 is 0. The molecule has 2 heteroatoms. The molecule has 0 aliphatic rings. The summed E-state index contributed by atoms with van der Waals surface area (Å²) in [6.45, 7) is 0.552. The van der Waals surface area contributed by atoms with Crippen LogP contribution in [0.5, 0.6) is 0 Å². The molecule has 0 aliphatic carbocycles. The zero-order chi connectivity index (χ0) is 12.8. The van der Waals surface area contributed by atoms with Crippen LogP contribution in [0.15, 0.2) is 60.7 Å². The minimum absolute atomic E-state index is 1.25. The van der Waals surface area contributed by atoms with Crippen molar-refractivity contribution >= 4 is 32.4 Å². The Bertz CT molecular complexity index is 427. The second-order valence-electron chi connectivity index (χ2n) is 4.64. The van der Waals surface area contributed by atoms with E-state index in [0.717, 1.165) is 0 Å². The van der Waals surface area contributed by atoms with E-state index in [1.54, 1.807) is 0 Å². The van der Waals surface area contributed by atoms with Gasteiger partial charge in [-0.1, -0.05) is 80.4 Å². The van der Waals surface area contributed by atoms with E-state index in [4.69, 9.17) is 0 Å². The third kappa shape index (κ3) is 2.93. The van der Waals surface area contributed by atoms with Gasteiger partial charge in [0.25, 0.3) is 0 Å². The van der Waals surface area contributed by atoms with Gasteiger partial charge in [-0.15, -0.1) is 15.3 Å². The maximum absolute atomic E-state index is 4.14. The molecule has 0 saturated heterocycles. The van der Waals surface area contributed by atoms with Crippen LogP contribution in [0.1, 0.15) is 19.8 Å². The average Bonchev–Trinajstić information content (AvgIpc) is 2.46. The normalized spacial score (nSPS) is 11.4. The predicted octanol–water partition coefficient (Wildman–Crippen LogP) is 3.94. The topological polar surface area (TPSA) is 0 Å². The first-order valence-electron chi connectivity index (χ1n) is 6.57. The zero-order valence-electron chi connectivity index (χ0n) is 10.8. The molecule has 0 aromatic heterocycles. The molecule has 0 N–H and O–H groups in total. The Morgan fingerprint density at radius 2 is 1.28 bits per heavy atom. The van der Waals surface area contributed by atoms with Crippen LogP contribution in [-0.4, -0.2) is 6.69 Å². The van der Waals surface area contributed by atoms with Gasteiger partial charge in [0.1, 0.15) is 0 Å². The molecule has 2 aromatic rings. The lowest BCUT2D eigenvalue weighted by molar-refractivity contribution is 0.877. The van der Waals surface area contributed by atoms with Gasteiger partial charge in [-0.05, 0) is 16.4 Å². The summed E-state index contributed by atoms with van der Waals surface area (Å²) in [5.74, 6) is 0. The highest BCUT2D eigenvalue weighted by Gasteiger charge is 2.33. The highest BCUT2D eigenvalue weighted by atomic mass is 79.9. The SMILES string of the molecule is CCCC[Si](Br)(c1ccccc1)c1ccccc1. The molecule has 2 aromatic carbocycles. The Morgan fingerprint density at radius 1 is 0.833 bits per heavy atom. The minimum atomic E-state index is -1.71. The monoisotopic (exact) mass is 318 g/mol. The zero-order valence-corrected chi connectivity index (χ0v) is 13.4. The Balaban J connectivity index is 2.41. The molecule has 0 heterocycles. The van der Waals surface area contributed by atoms with Crippen molar-refractivity contribution in [1.29, 1.82) is 0 Å². The number of halogens is 1. The van der Waals surface area contributed by atoms with Crippen molar-refractivity contribution in [3.63, 3.8) is 0 Å². The summed E-state index contributed by atoms with van der Waals surface area (Å²) >= 11 is 4.14. The molecule has 18 heavy (non-hydrogen) atoms. The quantitative estimate of drug-likeness (QED) is 0.578. The van der Waals surface area contributed by atoms with Gasteiger partial charge in [0, 0.05) is 0 Å².